The van der Waals surface area contributed by atoms with Gasteiger partial charge in [-0.3, -0.25) is 4.98 Å². The third-order valence-electron chi connectivity index (χ3n) is 2.51. The number of hydrogen-bond donors (Lipinski definition) is 1. The summed E-state index contributed by atoms with van der Waals surface area (Å²) < 4.78 is 6.63. The summed E-state index contributed by atoms with van der Waals surface area (Å²) in [6, 6.07) is 2.02. The Bertz CT molecular complexity index is 313. The lowest BCUT2D eigenvalue weighted by molar-refractivity contribution is 0.0247. The molecule has 0 radical (unpaired) electrons. The van der Waals surface area contributed by atoms with Crippen LogP contribution in [0.5, 0.6) is 0 Å². The first-order chi connectivity index (χ1) is 7.34. The molecular formula is C11H15BrN2O. The van der Waals surface area contributed by atoms with E-state index in [1.165, 1.54) is 12.8 Å². The number of anilines is 1. The van der Waals surface area contributed by atoms with Crippen LogP contribution in [0, 0.1) is 0 Å². The molecule has 2 heterocycles. The third kappa shape index (κ3) is 3.47. The molecule has 1 unspecified atom stereocenters. The second-order valence-corrected chi connectivity index (χ2v) is 4.68. The van der Waals surface area contributed by atoms with E-state index in [0.717, 1.165) is 29.7 Å². The Hall–Kier alpha value is -0.610. The van der Waals surface area contributed by atoms with Crippen LogP contribution in [0.4, 0.5) is 5.69 Å². The van der Waals surface area contributed by atoms with Gasteiger partial charge in [0.15, 0.2) is 0 Å². The second-order valence-electron chi connectivity index (χ2n) is 3.76. The van der Waals surface area contributed by atoms with Gasteiger partial charge in [0.25, 0.3) is 0 Å². The number of pyridine rings is 1. The molecule has 1 aliphatic rings. The lowest BCUT2D eigenvalue weighted by Crippen LogP contribution is -2.26. The molecule has 0 bridgehead atoms. The van der Waals surface area contributed by atoms with Crippen molar-refractivity contribution in [2.24, 2.45) is 0 Å². The Morgan fingerprint density at radius 2 is 2.40 bits per heavy atom. The monoisotopic (exact) mass is 270 g/mol. The van der Waals surface area contributed by atoms with E-state index in [1.54, 1.807) is 6.20 Å². The number of nitrogens with one attached hydrogen (secondary N) is 1. The molecule has 0 amide bonds. The van der Waals surface area contributed by atoms with Gasteiger partial charge in [-0.15, -0.1) is 0 Å². The molecule has 82 valence electrons. The SMILES string of the molecule is Brc1cncc(NCC2CCCCO2)c1. The van der Waals surface area contributed by atoms with E-state index in [2.05, 4.69) is 26.2 Å². The van der Waals surface area contributed by atoms with Crippen LogP contribution >= 0.6 is 15.9 Å². The van der Waals surface area contributed by atoms with Crippen molar-refractivity contribution < 1.29 is 4.74 Å². The van der Waals surface area contributed by atoms with Crippen molar-refractivity contribution in [1.82, 2.24) is 4.98 Å². The molecule has 1 N–H and O–H groups in total. The van der Waals surface area contributed by atoms with Gasteiger partial charge in [-0.1, -0.05) is 0 Å². The Kier molecular flexibility index (Phi) is 3.97. The zero-order valence-electron chi connectivity index (χ0n) is 8.58. The molecule has 0 spiro atoms. The number of hydrogen-bond acceptors (Lipinski definition) is 3. The minimum atomic E-state index is 0.359. The summed E-state index contributed by atoms with van der Waals surface area (Å²) in [6.45, 7) is 1.78. The van der Waals surface area contributed by atoms with Gasteiger partial charge in [-0.05, 0) is 41.3 Å². The minimum Gasteiger partial charge on any atom is -0.381 e. The molecule has 0 aromatic carbocycles. The van der Waals surface area contributed by atoms with Crippen LogP contribution in [0.3, 0.4) is 0 Å². The first-order valence-corrected chi connectivity index (χ1v) is 6.10. The first kappa shape index (κ1) is 10.9. The highest BCUT2D eigenvalue weighted by atomic mass is 79.9. The summed E-state index contributed by atoms with van der Waals surface area (Å²) >= 11 is 3.39. The zero-order valence-corrected chi connectivity index (χ0v) is 10.2. The summed E-state index contributed by atoms with van der Waals surface area (Å²) in [6.07, 6.45) is 7.61. The normalized spacial score (nSPS) is 21.3. The van der Waals surface area contributed by atoms with Gasteiger partial charge in [-0.25, -0.2) is 0 Å². The van der Waals surface area contributed by atoms with Crippen LogP contribution in [-0.2, 0) is 4.74 Å². The first-order valence-electron chi connectivity index (χ1n) is 5.30. The van der Waals surface area contributed by atoms with E-state index in [4.69, 9.17) is 4.74 Å². The molecule has 1 saturated heterocycles. The second kappa shape index (κ2) is 5.47. The molecule has 1 fully saturated rings. The number of halogens is 1. The molecule has 0 aliphatic carbocycles. The summed E-state index contributed by atoms with van der Waals surface area (Å²) in [4.78, 5) is 4.10. The van der Waals surface area contributed by atoms with Gasteiger partial charge < -0.3 is 10.1 Å². The highest BCUT2D eigenvalue weighted by Crippen LogP contribution is 2.16. The molecule has 0 saturated carbocycles. The maximum Gasteiger partial charge on any atom is 0.0747 e. The van der Waals surface area contributed by atoms with Crippen LogP contribution in [-0.4, -0.2) is 24.2 Å². The van der Waals surface area contributed by atoms with Crippen molar-refractivity contribution in [3.8, 4) is 0 Å². The predicted molar refractivity (Wildman–Crippen MR) is 64.0 cm³/mol. The third-order valence-corrected chi connectivity index (χ3v) is 2.95. The number of ether oxygens (including phenoxy) is 1. The average molecular weight is 271 g/mol. The van der Waals surface area contributed by atoms with Crippen LogP contribution < -0.4 is 5.32 Å². The fraction of sp³-hybridized carbons (Fsp3) is 0.545. The average Bonchev–Trinajstić information content (AvgIpc) is 2.28. The molecule has 1 aliphatic heterocycles. The molecule has 2 rings (SSSR count). The lowest BCUT2D eigenvalue weighted by Gasteiger charge is -2.23. The standard InChI is InChI=1S/C11H15BrN2O/c12-9-5-10(7-13-6-9)14-8-11-3-1-2-4-15-11/h5-7,11,14H,1-4,8H2. The summed E-state index contributed by atoms with van der Waals surface area (Å²) in [5, 5.41) is 3.34. The quantitative estimate of drug-likeness (QED) is 0.917. The molecule has 1 aromatic heterocycles. The number of rotatable bonds is 3. The molecular weight excluding hydrogens is 256 g/mol. The number of aromatic nitrogens is 1. The highest BCUT2D eigenvalue weighted by Gasteiger charge is 2.12. The molecule has 1 atom stereocenters. The molecule has 15 heavy (non-hydrogen) atoms. The van der Waals surface area contributed by atoms with E-state index in [0.29, 0.717) is 6.10 Å². The summed E-state index contributed by atoms with van der Waals surface area (Å²) in [5.41, 5.74) is 1.04. The Morgan fingerprint density at radius 1 is 1.47 bits per heavy atom. The smallest absolute Gasteiger partial charge is 0.0747 e. The van der Waals surface area contributed by atoms with E-state index < -0.39 is 0 Å². The van der Waals surface area contributed by atoms with Crippen molar-refractivity contribution >= 4 is 21.6 Å². The van der Waals surface area contributed by atoms with Gasteiger partial charge >= 0.3 is 0 Å². The largest absolute Gasteiger partial charge is 0.381 e. The highest BCUT2D eigenvalue weighted by molar-refractivity contribution is 9.10. The van der Waals surface area contributed by atoms with Crippen molar-refractivity contribution in [3.63, 3.8) is 0 Å². The number of nitrogens with zero attached hydrogens (tertiary/aromatic N) is 1. The van der Waals surface area contributed by atoms with E-state index in [1.807, 2.05) is 12.3 Å². The maximum atomic E-state index is 5.64. The van der Waals surface area contributed by atoms with Crippen molar-refractivity contribution in [3.05, 3.63) is 22.9 Å². The predicted octanol–water partition coefficient (Wildman–Crippen LogP) is 2.83. The lowest BCUT2D eigenvalue weighted by atomic mass is 10.1. The molecule has 3 nitrogen and oxygen atoms in total. The van der Waals surface area contributed by atoms with Crippen LogP contribution in [0.1, 0.15) is 19.3 Å². The van der Waals surface area contributed by atoms with Crippen molar-refractivity contribution in [2.45, 2.75) is 25.4 Å². The Labute approximate surface area is 98.4 Å². The zero-order chi connectivity index (χ0) is 10.5. The topological polar surface area (TPSA) is 34.2 Å². The van der Waals surface area contributed by atoms with E-state index in [-0.39, 0.29) is 0 Å². The Morgan fingerprint density at radius 3 is 3.13 bits per heavy atom. The maximum absolute atomic E-state index is 5.64. The van der Waals surface area contributed by atoms with Crippen molar-refractivity contribution in [2.75, 3.05) is 18.5 Å². The van der Waals surface area contributed by atoms with Crippen LogP contribution in [0.15, 0.2) is 22.9 Å². The van der Waals surface area contributed by atoms with Gasteiger partial charge in [0.05, 0.1) is 18.0 Å². The Balaban J connectivity index is 1.81. The summed E-state index contributed by atoms with van der Waals surface area (Å²) in [5.74, 6) is 0. The van der Waals surface area contributed by atoms with Gasteiger partial charge in [-0.2, -0.15) is 0 Å². The molecule has 1 aromatic rings. The van der Waals surface area contributed by atoms with E-state index >= 15 is 0 Å². The van der Waals surface area contributed by atoms with Gasteiger partial charge in [0, 0.05) is 23.8 Å². The van der Waals surface area contributed by atoms with Gasteiger partial charge in [0.1, 0.15) is 0 Å². The minimum absolute atomic E-state index is 0.359. The fourth-order valence-corrected chi connectivity index (χ4v) is 2.07. The van der Waals surface area contributed by atoms with Crippen LogP contribution in [0.25, 0.3) is 0 Å². The van der Waals surface area contributed by atoms with Crippen molar-refractivity contribution in [1.29, 1.82) is 0 Å². The fourth-order valence-electron chi connectivity index (χ4n) is 1.71. The molecule has 4 heteroatoms. The van der Waals surface area contributed by atoms with Crippen LogP contribution in [0.2, 0.25) is 0 Å². The van der Waals surface area contributed by atoms with E-state index in [9.17, 15) is 0 Å². The summed E-state index contributed by atoms with van der Waals surface area (Å²) in [7, 11) is 0. The van der Waals surface area contributed by atoms with Gasteiger partial charge in [0.2, 0.25) is 0 Å².